The Bertz CT molecular complexity index is 631. The van der Waals surface area contributed by atoms with Crippen LogP contribution in [0.15, 0.2) is 42.5 Å². The molecule has 0 aliphatic rings. The van der Waals surface area contributed by atoms with Crippen LogP contribution in [-0.4, -0.2) is 6.29 Å². The molecule has 2 rings (SSSR count). The summed E-state index contributed by atoms with van der Waals surface area (Å²) >= 11 is 18.1. The highest BCUT2D eigenvalue weighted by atomic mass is 35.5. The lowest BCUT2D eigenvalue weighted by Crippen LogP contribution is -1.86. The number of benzene rings is 2. The van der Waals surface area contributed by atoms with E-state index in [1.165, 1.54) is 6.08 Å². The molecule has 0 N–H and O–H groups in total. The Morgan fingerprint density at radius 1 is 0.895 bits per heavy atom. The van der Waals surface area contributed by atoms with E-state index in [0.717, 1.165) is 16.7 Å². The predicted molar refractivity (Wildman–Crippen MR) is 82.0 cm³/mol. The van der Waals surface area contributed by atoms with Crippen molar-refractivity contribution < 1.29 is 4.79 Å². The fourth-order valence-electron chi connectivity index (χ4n) is 1.76. The predicted octanol–water partition coefficient (Wildman–Crippen LogP) is 5.53. The van der Waals surface area contributed by atoms with Crippen molar-refractivity contribution in [2.75, 3.05) is 0 Å². The van der Waals surface area contributed by atoms with Crippen molar-refractivity contribution in [2.24, 2.45) is 0 Å². The van der Waals surface area contributed by atoms with Gasteiger partial charge in [-0.05, 0) is 47.5 Å². The number of carbonyl (C=O) groups is 1. The molecule has 0 atom stereocenters. The maximum atomic E-state index is 10.5. The van der Waals surface area contributed by atoms with Gasteiger partial charge in [0.05, 0.1) is 0 Å². The van der Waals surface area contributed by atoms with Crippen LogP contribution in [0.2, 0.25) is 15.1 Å². The lowest BCUT2D eigenvalue weighted by atomic mass is 9.99. The topological polar surface area (TPSA) is 17.1 Å². The first-order chi connectivity index (χ1) is 9.11. The molecule has 0 saturated heterocycles. The normalized spacial score (nSPS) is 10.9. The second kappa shape index (κ2) is 6.25. The number of aldehydes is 1. The maximum absolute atomic E-state index is 10.5. The van der Waals surface area contributed by atoms with E-state index in [1.54, 1.807) is 30.3 Å². The highest BCUT2D eigenvalue weighted by Crippen LogP contribution is 2.34. The molecule has 0 fully saturated rings. The summed E-state index contributed by atoms with van der Waals surface area (Å²) in [4.78, 5) is 10.5. The van der Waals surface area contributed by atoms with Crippen molar-refractivity contribution in [3.8, 4) is 11.1 Å². The van der Waals surface area contributed by atoms with Crippen molar-refractivity contribution in [2.45, 2.75) is 0 Å². The van der Waals surface area contributed by atoms with Crippen LogP contribution < -0.4 is 0 Å². The molecule has 0 saturated carbocycles. The molecule has 2 aromatic rings. The second-order valence-electron chi connectivity index (χ2n) is 3.85. The van der Waals surface area contributed by atoms with Crippen LogP contribution in [-0.2, 0) is 4.79 Å². The van der Waals surface area contributed by atoms with E-state index in [4.69, 9.17) is 34.8 Å². The van der Waals surface area contributed by atoms with Crippen molar-refractivity contribution in [3.05, 3.63) is 63.1 Å². The van der Waals surface area contributed by atoms with Crippen LogP contribution in [0.5, 0.6) is 0 Å². The van der Waals surface area contributed by atoms with Gasteiger partial charge in [0.1, 0.15) is 6.29 Å². The minimum absolute atomic E-state index is 0.496. The summed E-state index contributed by atoms with van der Waals surface area (Å²) < 4.78 is 0. The Kier molecular flexibility index (Phi) is 4.65. The quantitative estimate of drug-likeness (QED) is 0.538. The fourth-order valence-corrected chi connectivity index (χ4v) is 2.44. The molecule has 96 valence electrons. The molecule has 4 heteroatoms. The summed E-state index contributed by atoms with van der Waals surface area (Å²) in [6, 6.07) is 10.8. The average Bonchev–Trinajstić information content (AvgIpc) is 2.38. The molecule has 0 aliphatic heterocycles. The van der Waals surface area contributed by atoms with E-state index in [0.29, 0.717) is 21.4 Å². The summed E-state index contributed by atoms with van der Waals surface area (Å²) in [7, 11) is 0. The van der Waals surface area contributed by atoms with Crippen LogP contribution in [0.1, 0.15) is 5.56 Å². The molecule has 0 unspecified atom stereocenters. The molecule has 0 bridgehead atoms. The SMILES string of the molecule is O=C/C=C/c1c(Cl)cc(Cl)cc1-c1ccc(Cl)cc1. The lowest BCUT2D eigenvalue weighted by Gasteiger charge is -2.09. The van der Waals surface area contributed by atoms with Gasteiger partial charge in [0.25, 0.3) is 0 Å². The average molecular weight is 312 g/mol. The van der Waals surface area contributed by atoms with Gasteiger partial charge in [-0.3, -0.25) is 4.79 Å². The van der Waals surface area contributed by atoms with Gasteiger partial charge in [-0.1, -0.05) is 46.9 Å². The molecular weight excluding hydrogens is 303 g/mol. The molecule has 0 aliphatic carbocycles. The van der Waals surface area contributed by atoms with Gasteiger partial charge in [0.15, 0.2) is 0 Å². The highest BCUT2D eigenvalue weighted by molar-refractivity contribution is 6.36. The standard InChI is InChI=1S/C15H9Cl3O/c16-11-5-3-10(4-6-11)14-8-12(17)9-15(18)13(14)2-1-7-19/h1-9H/b2-1+. The van der Waals surface area contributed by atoms with Crippen LogP contribution in [0.3, 0.4) is 0 Å². The monoisotopic (exact) mass is 310 g/mol. The third-order valence-corrected chi connectivity index (χ3v) is 3.37. The zero-order valence-corrected chi connectivity index (χ0v) is 12.0. The molecule has 0 aromatic heterocycles. The first-order valence-electron chi connectivity index (χ1n) is 5.48. The smallest absolute Gasteiger partial charge is 0.142 e. The molecule has 19 heavy (non-hydrogen) atoms. The number of halogens is 3. The van der Waals surface area contributed by atoms with Gasteiger partial charge in [-0.25, -0.2) is 0 Å². The second-order valence-corrected chi connectivity index (χ2v) is 5.13. The van der Waals surface area contributed by atoms with Gasteiger partial charge in [-0.15, -0.1) is 0 Å². The Hall–Kier alpha value is -1.28. The molecule has 0 spiro atoms. The third-order valence-electron chi connectivity index (χ3n) is 2.59. The van der Waals surface area contributed by atoms with Crippen LogP contribution >= 0.6 is 34.8 Å². The largest absolute Gasteiger partial charge is 0.299 e. The van der Waals surface area contributed by atoms with Crippen molar-refractivity contribution in [3.63, 3.8) is 0 Å². The van der Waals surface area contributed by atoms with Gasteiger partial charge in [0, 0.05) is 20.6 Å². The van der Waals surface area contributed by atoms with E-state index in [2.05, 4.69) is 0 Å². The third kappa shape index (κ3) is 3.38. The van der Waals surface area contributed by atoms with Crippen LogP contribution in [0, 0.1) is 0 Å². The van der Waals surface area contributed by atoms with Gasteiger partial charge in [0.2, 0.25) is 0 Å². The summed E-state index contributed by atoms with van der Waals surface area (Å²) in [5.74, 6) is 0. The maximum Gasteiger partial charge on any atom is 0.142 e. The van der Waals surface area contributed by atoms with Gasteiger partial charge in [-0.2, -0.15) is 0 Å². The highest BCUT2D eigenvalue weighted by Gasteiger charge is 2.09. The zero-order valence-electron chi connectivity index (χ0n) is 9.74. The Balaban J connectivity index is 2.63. The Morgan fingerprint density at radius 2 is 1.58 bits per heavy atom. The van der Waals surface area contributed by atoms with Crippen LogP contribution in [0.25, 0.3) is 17.2 Å². The van der Waals surface area contributed by atoms with Crippen molar-refractivity contribution in [1.82, 2.24) is 0 Å². The number of hydrogen-bond donors (Lipinski definition) is 0. The van der Waals surface area contributed by atoms with E-state index in [9.17, 15) is 4.79 Å². The van der Waals surface area contributed by atoms with Crippen LogP contribution in [0.4, 0.5) is 0 Å². The summed E-state index contributed by atoms with van der Waals surface area (Å²) in [6.45, 7) is 0. The van der Waals surface area contributed by atoms with Crippen molar-refractivity contribution in [1.29, 1.82) is 0 Å². The Morgan fingerprint density at radius 3 is 2.21 bits per heavy atom. The summed E-state index contributed by atoms with van der Waals surface area (Å²) in [5.41, 5.74) is 2.53. The number of rotatable bonds is 3. The first-order valence-corrected chi connectivity index (χ1v) is 6.62. The Labute approximate surface area is 126 Å². The lowest BCUT2D eigenvalue weighted by molar-refractivity contribution is -0.104. The molecular formula is C15H9Cl3O. The molecule has 2 aromatic carbocycles. The molecule has 0 heterocycles. The molecule has 0 amide bonds. The number of hydrogen-bond acceptors (Lipinski definition) is 1. The summed E-state index contributed by atoms with van der Waals surface area (Å²) in [5, 5.41) is 1.69. The molecule has 0 radical (unpaired) electrons. The van der Waals surface area contributed by atoms with Gasteiger partial charge < -0.3 is 0 Å². The summed E-state index contributed by atoms with van der Waals surface area (Å²) in [6.07, 6.45) is 3.76. The van der Waals surface area contributed by atoms with E-state index >= 15 is 0 Å². The number of allylic oxidation sites excluding steroid dienone is 1. The van der Waals surface area contributed by atoms with E-state index < -0.39 is 0 Å². The minimum Gasteiger partial charge on any atom is -0.299 e. The number of carbonyl (C=O) groups excluding carboxylic acids is 1. The van der Waals surface area contributed by atoms with E-state index in [1.807, 2.05) is 12.1 Å². The van der Waals surface area contributed by atoms with E-state index in [-0.39, 0.29) is 0 Å². The fraction of sp³-hybridized carbons (Fsp3) is 0. The van der Waals surface area contributed by atoms with Gasteiger partial charge >= 0.3 is 0 Å². The zero-order chi connectivity index (χ0) is 13.8. The van der Waals surface area contributed by atoms with Crippen molar-refractivity contribution >= 4 is 47.2 Å². The molecule has 1 nitrogen and oxygen atoms in total. The first kappa shape index (κ1) is 14.1. The minimum atomic E-state index is 0.496.